The minimum Gasteiger partial charge on any atom is -0.307 e. The SMILES string of the molecule is CCNC(C1=CCCC1)c1ccccc1C(F)(F)F. The van der Waals surface area contributed by atoms with Gasteiger partial charge in [0.1, 0.15) is 0 Å². The maximum Gasteiger partial charge on any atom is 0.416 e. The van der Waals surface area contributed by atoms with E-state index >= 15 is 0 Å². The summed E-state index contributed by atoms with van der Waals surface area (Å²) in [5.41, 5.74) is 0.886. The smallest absolute Gasteiger partial charge is 0.307 e. The predicted molar refractivity (Wildman–Crippen MR) is 69.8 cm³/mol. The minimum absolute atomic E-state index is 0.315. The van der Waals surface area contributed by atoms with Gasteiger partial charge in [0.05, 0.1) is 11.6 Å². The number of allylic oxidation sites excluding steroid dienone is 1. The van der Waals surface area contributed by atoms with Crippen molar-refractivity contribution in [3.05, 3.63) is 47.0 Å². The van der Waals surface area contributed by atoms with Gasteiger partial charge >= 0.3 is 6.18 Å². The summed E-state index contributed by atoms with van der Waals surface area (Å²) in [5, 5.41) is 3.19. The Kier molecular flexibility index (Phi) is 4.30. The van der Waals surface area contributed by atoms with Crippen molar-refractivity contribution in [3.63, 3.8) is 0 Å². The molecule has 2 rings (SSSR count). The number of halogens is 3. The second kappa shape index (κ2) is 5.78. The molecule has 0 saturated carbocycles. The van der Waals surface area contributed by atoms with Gasteiger partial charge in [0, 0.05) is 0 Å². The Hall–Kier alpha value is -1.29. The summed E-state index contributed by atoms with van der Waals surface area (Å²) in [6.07, 6.45) is 0.643. The molecule has 0 bridgehead atoms. The molecule has 1 unspecified atom stereocenters. The van der Waals surface area contributed by atoms with Gasteiger partial charge in [-0.05, 0) is 37.4 Å². The van der Waals surface area contributed by atoms with E-state index in [0.29, 0.717) is 12.1 Å². The van der Waals surface area contributed by atoms with Gasteiger partial charge in [0.25, 0.3) is 0 Å². The Bertz CT molecular complexity index is 463. The van der Waals surface area contributed by atoms with Crippen molar-refractivity contribution in [2.75, 3.05) is 6.54 Å². The summed E-state index contributed by atoms with van der Waals surface area (Å²) in [6, 6.07) is 5.54. The van der Waals surface area contributed by atoms with Gasteiger partial charge in [0.15, 0.2) is 0 Å². The molecule has 1 nitrogen and oxygen atoms in total. The van der Waals surface area contributed by atoms with E-state index in [-0.39, 0.29) is 6.04 Å². The van der Waals surface area contributed by atoms with Crippen molar-refractivity contribution in [2.24, 2.45) is 0 Å². The van der Waals surface area contributed by atoms with Crippen LogP contribution in [-0.4, -0.2) is 6.54 Å². The first-order chi connectivity index (χ1) is 9.04. The molecule has 0 amide bonds. The zero-order chi connectivity index (χ0) is 13.9. The molecule has 0 radical (unpaired) electrons. The van der Waals surface area contributed by atoms with E-state index in [4.69, 9.17) is 0 Å². The Morgan fingerprint density at radius 3 is 2.58 bits per heavy atom. The van der Waals surface area contributed by atoms with E-state index in [1.54, 1.807) is 12.1 Å². The molecule has 0 aliphatic heterocycles. The van der Waals surface area contributed by atoms with Crippen molar-refractivity contribution < 1.29 is 13.2 Å². The van der Waals surface area contributed by atoms with Gasteiger partial charge in [0.2, 0.25) is 0 Å². The normalized spacial score (nSPS) is 17.4. The highest BCUT2D eigenvalue weighted by atomic mass is 19.4. The standard InChI is InChI=1S/C15H18F3N/c1-2-19-14(11-7-3-4-8-11)12-9-5-6-10-13(12)15(16,17)18/h5-7,9-10,14,19H,2-4,8H2,1H3. The molecular formula is C15H18F3N. The molecule has 1 aliphatic rings. The number of nitrogens with one attached hydrogen (secondary N) is 1. The summed E-state index contributed by atoms with van der Waals surface area (Å²) in [5.74, 6) is 0. The Balaban J connectivity index is 2.42. The third kappa shape index (κ3) is 3.18. The fourth-order valence-electron chi connectivity index (χ4n) is 2.61. The monoisotopic (exact) mass is 269 g/mol. The molecule has 0 fully saturated rings. The van der Waals surface area contributed by atoms with Crippen molar-refractivity contribution >= 4 is 0 Å². The number of likely N-dealkylation sites (N-methyl/N-ethyl adjacent to an activating group) is 1. The lowest BCUT2D eigenvalue weighted by atomic mass is 9.93. The first-order valence-corrected chi connectivity index (χ1v) is 6.62. The quantitative estimate of drug-likeness (QED) is 0.795. The molecule has 0 heterocycles. The number of hydrogen-bond donors (Lipinski definition) is 1. The summed E-state index contributed by atoms with van der Waals surface area (Å²) >= 11 is 0. The first-order valence-electron chi connectivity index (χ1n) is 6.62. The topological polar surface area (TPSA) is 12.0 Å². The number of rotatable bonds is 4. The van der Waals surface area contributed by atoms with E-state index in [0.717, 1.165) is 30.9 Å². The van der Waals surface area contributed by atoms with Crippen LogP contribution in [0.3, 0.4) is 0 Å². The highest BCUT2D eigenvalue weighted by molar-refractivity contribution is 5.38. The molecule has 1 N–H and O–H groups in total. The predicted octanol–water partition coefficient (Wildman–Crippen LogP) is 4.47. The van der Waals surface area contributed by atoms with Crippen LogP contribution in [0.5, 0.6) is 0 Å². The van der Waals surface area contributed by atoms with Crippen LogP contribution in [0.4, 0.5) is 13.2 Å². The highest BCUT2D eigenvalue weighted by Crippen LogP contribution is 2.38. The van der Waals surface area contributed by atoms with Crippen LogP contribution in [0.15, 0.2) is 35.9 Å². The molecule has 0 spiro atoms. The summed E-state index contributed by atoms with van der Waals surface area (Å²) in [6.45, 7) is 2.56. The van der Waals surface area contributed by atoms with Gasteiger partial charge in [-0.2, -0.15) is 13.2 Å². The fourth-order valence-corrected chi connectivity index (χ4v) is 2.61. The molecule has 1 aromatic carbocycles. The van der Waals surface area contributed by atoms with Gasteiger partial charge in [-0.15, -0.1) is 0 Å². The van der Waals surface area contributed by atoms with Gasteiger partial charge in [-0.1, -0.05) is 36.8 Å². The molecule has 1 aromatic rings. The summed E-state index contributed by atoms with van der Waals surface area (Å²) in [4.78, 5) is 0. The van der Waals surface area contributed by atoms with Crippen LogP contribution in [0.25, 0.3) is 0 Å². The molecule has 4 heteroatoms. The Morgan fingerprint density at radius 1 is 1.26 bits per heavy atom. The zero-order valence-electron chi connectivity index (χ0n) is 10.9. The van der Waals surface area contributed by atoms with Crippen molar-refractivity contribution in [3.8, 4) is 0 Å². The van der Waals surface area contributed by atoms with Crippen molar-refractivity contribution in [2.45, 2.75) is 38.4 Å². The van der Waals surface area contributed by atoms with Gasteiger partial charge in [-0.3, -0.25) is 0 Å². The van der Waals surface area contributed by atoms with E-state index in [1.165, 1.54) is 6.07 Å². The van der Waals surface area contributed by atoms with Gasteiger partial charge in [-0.25, -0.2) is 0 Å². The highest BCUT2D eigenvalue weighted by Gasteiger charge is 2.35. The maximum atomic E-state index is 13.1. The fraction of sp³-hybridized carbons (Fsp3) is 0.467. The molecule has 19 heavy (non-hydrogen) atoms. The average molecular weight is 269 g/mol. The lowest BCUT2D eigenvalue weighted by Crippen LogP contribution is -2.25. The van der Waals surface area contributed by atoms with Crippen LogP contribution in [0.2, 0.25) is 0 Å². The van der Waals surface area contributed by atoms with Crippen LogP contribution in [-0.2, 0) is 6.18 Å². The third-order valence-corrected chi connectivity index (χ3v) is 3.43. The van der Waals surface area contributed by atoms with Crippen molar-refractivity contribution in [1.29, 1.82) is 0 Å². The van der Waals surface area contributed by atoms with E-state index in [2.05, 4.69) is 11.4 Å². The number of hydrogen-bond acceptors (Lipinski definition) is 1. The average Bonchev–Trinajstić information content (AvgIpc) is 2.88. The first kappa shape index (κ1) is 14.1. The van der Waals surface area contributed by atoms with Crippen LogP contribution < -0.4 is 5.32 Å². The number of benzene rings is 1. The minimum atomic E-state index is -4.30. The second-order valence-electron chi connectivity index (χ2n) is 4.75. The lowest BCUT2D eigenvalue weighted by Gasteiger charge is -2.23. The Labute approximate surface area is 111 Å². The van der Waals surface area contributed by atoms with Crippen LogP contribution in [0.1, 0.15) is 43.4 Å². The largest absolute Gasteiger partial charge is 0.416 e. The number of alkyl halides is 3. The van der Waals surface area contributed by atoms with E-state index in [1.807, 2.05) is 6.92 Å². The van der Waals surface area contributed by atoms with Crippen molar-refractivity contribution in [1.82, 2.24) is 5.32 Å². The second-order valence-corrected chi connectivity index (χ2v) is 4.75. The zero-order valence-corrected chi connectivity index (χ0v) is 10.9. The maximum absolute atomic E-state index is 13.1. The van der Waals surface area contributed by atoms with E-state index < -0.39 is 11.7 Å². The van der Waals surface area contributed by atoms with E-state index in [9.17, 15) is 13.2 Å². The molecule has 1 aliphatic carbocycles. The summed E-state index contributed by atoms with van der Waals surface area (Å²) < 4.78 is 39.3. The molecule has 0 aromatic heterocycles. The lowest BCUT2D eigenvalue weighted by molar-refractivity contribution is -0.138. The molecule has 104 valence electrons. The molecule has 0 saturated heterocycles. The van der Waals surface area contributed by atoms with Crippen LogP contribution >= 0.6 is 0 Å². The summed E-state index contributed by atoms with van der Waals surface area (Å²) in [7, 11) is 0. The van der Waals surface area contributed by atoms with Crippen LogP contribution in [0, 0.1) is 0 Å². The van der Waals surface area contributed by atoms with Gasteiger partial charge < -0.3 is 5.32 Å². The molecular weight excluding hydrogens is 251 g/mol. The molecule has 1 atom stereocenters. The Morgan fingerprint density at radius 2 is 2.00 bits per heavy atom. The third-order valence-electron chi connectivity index (χ3n) is 3.43.